The number of urea groups is 1. The van der Waals surface area contributed by atoms with Crippen LogP contribution in [0.3, 0.4) is 0 Å². The number of carbonyl (C=O) groups is 2. The van der Waals surface area contributed by atoms with Crippen LogP contribution in [0.2, 0.25) is 0 Å². The number of rotatable bonds is 6. The zero-order valence-electron chi connectivity index (χ0n) is 14.1. The Labute approximate surface area is 147 Å². The number of hydrogen-bond acceptors (Lipinski definition) is 3. The average molecular weight is 341 g/mol. The fourth-order valence-corrected chi connectivity index (χ4v) is 2.90. The van der Waals surface area contributed by atoms with Gasteiger partial charge in [-0.05, 0) is 30.0 Å². The molecule has 1 aliphatic rings. The second kappa shape index (κ2) is 8.32. The zero-order chi connectivity index (χ0) is 17.5. The molecule has 2 aromatic rings. The largest absolute Gasteiger partial charge is 0.341 e. The number of amides is 3. The van der Waals surface area contributed by atoms with E-state index < -0.39 is 0 Å². The molecular formula is C18H23N5O2. The van der Waals surface area contributed by atoms with Crippen molar-refractivity contribution in [2.45, 2.75) is 25.9 Å². The predicted octanol–water partition coefficient (Wildman–Crippen LogP) is 1.35. The van der Waals surface area contributed by atoms with Crippen molar-refractivity contribution in [1.82, 2.24) is 25.3 Å². The number of likely N-dealkylation sites (tertiary alicyclic amines) is 1. The van der Waals surface area contributed by atoms with E-state index in [0.29, 0.717) is 13.1 Å². The van der Waals surface area contributed by atoms with Gasteiger partial charge >= 0.3 is 6.03 Å². The summed E-state index contributed by atoms with van der Waals surface area (Å²) in [5.41, 5.74) is 2.12. The van der Waals surface area contributed by atoms with E-state index in [2.05, 4.69) is 15.7 Å². The maximum Gasteiger partial charge on any atom is 0.315 e. The van der Waals surface area contributed by atoms with E-state index in [1.807, 2.05) is 41.2 Å². The molecule has 1 aromatic carbocycles. The van der Waals surface area contributed by atoms with E-state index in [1.165, 1.54) is 0 Å². The van der Waals surface area contributed by atoms with E-state index in [0.717, 1.165) is 37.1 Å². The zero-order valence-corrected chi connectivity index (χ0v) is 14.1. The molecule has 1 fully saturated rings. The van der Waals surface area contributed by atoms with Crippen LogP contribution in [0.4, 0.5) is 4.79 Å². The number of carbonyl (C=O) groups excluding carboxylic acids is 2. The first-order chi connectivity index (χ1) is 12.2. The average Bonchev–Trinajstić information content (AvgIpc) is 3.32. The number of nitrogens with one attached hydrogen (secondary N) is 2. The van der Waals surface area contributed by atoms with E-state index in [-0.39, 0.29) is 18.5 Å². The first kappa shape index (κ1) is 17.0. The Balaban J connectivity index is 1.43. The van der Waals surface area contributed by atoms with Crippen molar-refractivity contribution in [2.75, 3.05) is 19.6 Å². The SMILES string of the molecule is O=C(NCC(=O)N1CCCC1)NCc1cccc(Cn2cccn2)c1. The van der Waals surface area contributed by atoms with Crippen molar-refractivity contribution in [1.29, 1.82) is 0 Å². The summed E-state index contributed by atoms with van der Waals surface area (Å²) in [6.07, 6.45) is 5.76. The molecule has 132 valence electrons. The Morgan fingerprint density at radius 2 is 1.88 bits per heavy atom. The van der Waals surface area contributed by atoms with Crippen LogP contribution in [0.5, 0.6) is 0 Å². The molecule has 7 nitrogen and oxygen atoms in total. The van der Waals surface area contributed by atoms with Crippen LogP contribution in [-0.2, 0) is 17.9 Å². The van der Waals surface area contributed by atoms with Crippen molar-refractivity contribution in [2.24, 2.45) is 0 Å². The van der Waals surface area contributed by atoms with Gasteiger partial charge in [-0.25, -0.2) is 4.79 Å². The molecule has 0 atom stereocenters. The molecule has 2 N–H and O–H groups in total. The van der Waals surface area contributed by atoms with Gasteiger partial charge in [0.1, 0.15) is 0 Å². The topological polar surface area (TPSA) is 79.3 Å². The smallest absolute Gasteiger partial charge is 0.315 e. The van der Waals surface area contributed by atoms with Gasteiger partial charge in [0.05, 0.1) is 13.1 Å². The lowest BCUT2D eigenvalue weighted by Gasteiger charge is -2.15. The van der Waals surface area contributed by atoms with Crippen molar-refractivity contribution >= 4 is 11.9 Å². The lowest BCUT2D eigenvalue weighted by molar-refractivity contribution is -0.128. The van der Waals surface area contributed by atoms with Gasteiger partial charge in [-0.1, -0.05) is 24.3 Å². The summed E-state index contributed by atoms with van der Waals surface area (Å²) in [5, 5.41) is 9.60. The molecule has 0 saturated carbocycles. The van der Waals surface area contributed by atoms with Gasteiger partial charge in [0, 0.05) is 32.0 Å². The van der Waals surface area contributed by atoms with E-state index in [9.17, 15) is 9.59 Å². The van der Waals surface area contributed by atoms with E-state index >= 15 is 0 Å². The first-order valence-corrected chi connectivity index (χ1v) is 8.55. The normalized spacial score (nSPS) is 13.7. The summed E-state index contributed by atoms with van der Waals surface area (Å²) in [7, 11) is 0. The highest BCUT2D eigenvalue weighted by Gasteiger charge is 2.17. The highest BCUT2D eigenvalue weighted by Crippen LogP contribution is 2.08. The van der Waals surface area contributed by atoms with Crippen LogP contribution in [-0.4, -0.2) is 46.3 Å². The predicted molar refractivity (Wildman–Crippen MR) is 93.8 cm³/mol. The lowest BCUT2D eigenvalue weighted by Crippen LogP contribution is -2.42. The van der Waals surface area contributed by atoms with Crippen LogP contribution < -0.4 is 10.6 Å². The lowest BCUT2D eigenvalue weighted by atomic mass is 10.1. The van der Waals surface area contributed by atoms with Gasteiger partial charge in [-0.15, -0.1) is 0 Å². The monoisotopic (exact) mass is 341 g/mol. The van der Waals surface area contributed by atoms with Gasteiger partial charge in [0.15, 0.2) is 0 Å². The highest BCUT2D eigenvalue weighted by molar-refractivity contribution is 5.84. The van der Waals surface area contributed by atoms with Crippen LogP contribution in [0.15, 0.2) is 42.7 Å². The number of nitrogens with zero attached hydrogens (tertiary/aromatic N) is 3. The van der Waals surface area contributed by atoms with Crippen LogP contribution in [0, 0.1) is 0 Å². The maximum atomic E-state index is 11.9. The second-order valence-corrected chi connectivity index (χ2v) is 6.15. The fourth-order valence-electron chi connectivity index (χ4n) is 2.90. The minimum absolute atomic E-state index is 0.0196. The molecule has 3 rings (SSSR count). The quantitative estimate of drug-likeness (QED) is 0.832. The Kier molecular flexibility index (Phi) is 5.66. The Hall–Kier alpha value is -2.83. The summed E-state index contributed by atoms with van der Waals surface area (Å²) in [6.45, 7) is 2.75. The first-order valence-electron chi connectivity index (χ1n) is 8.55. The second-order valence-electron chi connectivity index (χ2n) is 6.15. The molecular weight excluding hydrogens is 318 g/mol. The molecule has 0 bridgehead atoms. The van der Waals surface area contributed by atoms with Gasteiger partial charge in [-0.3, -0.25) is 9.48 Å². The van der Waals surface area contributed by atoms with Crippen molar-refractivity contribution < 1.29 is 9.59 Å². The molecule has 25 heavy (non-hydrogen) atoms. The molecule has 1 aliphatic heterocycles. The summed E-state index contributed by atoms with van der Waals surface area (Å²) in [4.78, 5) is 25.6. The van der Waals surface area contributed by atoms with Gasteiger partial charge in [-0.2, -0.15) is 5.10 Å². The number of hydrogen-bond donors (Lipinski definition) is 2. The molecule has 1 saturated heterocycles. The van der Waals surface area contributed by atoms with Crippen molar-refractivity contribution in [3.63, 3.8) is 0 Å². The van der Waals surface area contributed by atoms with Crippen LogP contribution in [0.25, 0.3) is 0 Å². The summed E-state index contributed by atoms with van der Waals surface area (Å²) >= 11 is 0. The summed E-state index contributed by atoms with van der Waals surface area (Å²) in [5.74, 6) is -0.0196. The molecule has 0 radical (unpaired) electrons. The highest BCUT2D eigenvalue weighted by atomic mass is 16.2. The van der Waals surface area contributed by atoms with Gasteiger partial charge in [0.25, 0.3) is 0 Å². The van der Waals surface area contributed by atoms with Crippen LogP contribution in [0.1, 0.15) is 24.0 Å². The minimum atomic E-state index is -0.329. The standard InChI is InChI=1S/C18H23N5O2/c24-17(22-8-1-2-9-22)13-20-18(25)19-12-15-5-3-6-16(11-15)14-23-10-4-7-21-23/h3-7,10-11H,1-2,8-9,12-14H2,(H2,19,20,25). The maximum absolute atomic E-state index is 11.9. The Morgan fingerprint density at radius 1 is 1.08 bits per heavy atom. The Bertz CT molecular complexity index is 708. The minimum Gasteiger partial charge on any atom is -0.341 e. The third-order valence-electron chi connectivity index (χ3n) is 4.21. The summed E-state index contributed by atoms with van der Waals surface area (Å²) in [6, 6.07) is 9.55. The molecule has 3 amide bonds. The van der Waals surface area contributed by atoms with Crippen molar-refractivity contribution in [3.8, 4) is 0 Å². The Morgan fingerprint density at radius 3 is 2.64 bits per heavy atom. The van der Waals surface area contributed by atoms with Crippen LogP contribution >= 0.6 is 0 Å². The number of aromatic nitrogens is 2. The van der Waals surface area contributed by atoms with E-state index in [4.69, 9.17) is 0 Å². The van der Waals surface area contributed by atoms with Gasteiger partial charge < -0.3 is 15.5 Å². The third kappa shape index (κ3) is 5.07. The third-order valence-corrected chi connectivity index (χ3v) is 4.21. The van der Waals surface area contributed by atoms with E-state index in [1.54, 1.807) is 11.1 Å². The summed E-state index contributed by atoms with van der Waals surface area (Å²) < 4.78 is 1.85. The molecule has 0 spiro atoms. The fraction of sp³-hybridized carbons (Fsp3) is 0.389. The van der Waals surface area contributed by atoms with Gasteiger partial charge in [0.2, 0.25) is 5.91 Å². The number of benzene rings is 1. The molecule has 1 aromatic heterocycles. The molecule has 0 aliphatic carbocycles. The molecule has 2 heterocycles. The molecule has 0 unspecified atom stereocenters. The molecule has 7 heteroatoms. The van der Waals surface area contributed by atoms with Crippen molar-refractivity contribution in [3.05, 3.63) is 53.9 Å².